The molecule has 0 heterocycles. The summed E-state index contributed by atoms with van der Waals surface area (Å²) in [4.78, 5) is 0. The van der Waals surface area contributed by atoms with Gasteiger partial charge in [-0.05, 0) is 10.2 Å². The van der Waals surface area contributed by atoms with Gasteiger partial charge in [-0.3, -0.25) is 4.74 Å². The molecule has 0 spiro atoms. The minimum absolute atomic E-state index is 0.118. The topological polar surface area (TPSA) is 9.23 Å². The van der Waals surface area contributed by atoms with Gasteiger partial charge in [-0.25, -0.2) is 0 Å². The van der Waals surface area contributed by atoms with Crippen molar-refractivity contribution in [1.82, 2.24) is 0 Å². The van der Waals surface area contributed by atoms with Gasteiger partial charge in [0.05, 0.1) is 0 Å². The van der Waals surface area contributed by atoms with Crippen LogP contribution < -0.4 is 0 Å². The fourth-order valence-corrected chi connectivity index (χ4v) is 1.15. The van der Waals surface area contributed by atoms with Crippen LogP contribution in [0.3, 0.4) is 0 Å². The van der Waals surface area contributed by atoms with Crippen LogP contribution in [0.4, 0.5) is 48.3 Å². The second-order valence-electron chi connectivity index (χ2n) is 3.13. The highest BCUT2D eigenvalue weighted by Crippen LogP contribution is 2.51. The van der Waals surface area contributed by atoms with Crippen molar-refractivity contribution in [2.24, 2.45) is 0 Å². The Kier molecular flexibility index (Phi) is 5.36. The lowest BCUT2D eigenvalue weighted by molar-refractivity contribution is -0.473. The minimum Gasteiger partial charge on any atom is -0.266 e. The molecule has 0 amide bonds. The van der Waals surface area contributed by atoms with Gasteiger partial charge in [0.15, 0.2) is 0 Å². The maximum absolute atomic E-state index is 13.1. The van der Waals surface area contributed by atoms with Gasteiger partial charge in [0.2, 0.25) is 0 Å². The predicted octanol–water partition coefficient (Wildman–Crippen LogP) is 4.97. The van der Waals surface area contributed by atoms with Gasteiger partial charge < -0.3 is 0 Å². The summed E-state index contributed by atoms with van der Waals surface area (Å²) in [5, 5.41) is 0. The van der Waals surface area contributed by atoms with E-state index in [1.54, 1.807) is 0 Å². The Labute approximate surface area is 116 Å². The van der Waals surface area contributed by atoms with E-state index in [0.29, 0.717) is 0 Å². The van der Waals surface area contributed by atoms with Gasteiger partial charge in [0, 0.05) is 0 Å². The van der Waals surface area contributed by atoms with E-state index in [1.807, 2.05) is 0 Å². The molecule has 1 atom stereocenters. The van der Waals surface area contributed by atoms with Crippen molar-refractivity contribution >= 4 is 22.6 Å². The van der Waals surface area contributed by atoms with Crippen molar-refractivity contribution in [2.45, 2.75) is 30.2 Å². The standard InChI is InChI=1S/C7H2F11IO/c8-3(1-2-19,5(11,12)13)20-7(17,18)4(9,10)6(14,15)16/h1-2H. The van der Waals surface area contributed by atoms with Gasteiger partial charge >= 0.3 is 30.2 Å². The van der Waals surface area contributed by atoms with Gasteiger partial charge in [-0.15, -0.1) is 0 Å². The van der Waals surface area contributed by atoms with Crippen LogP contribution in [0.2, 0.25) is 0 Å². The first-order valence-corrected chi connectivity index (χ1v) is 5.32. The van der Waals surface area contributed by atoms with E-state index < -0.39 is 36.3 Å². The fraction of sp³-hybridized carbons (Fsp3) is 0.714. The van der Waals surface area contributed by atoms with E-state index in [9.17, 15) is 48.3 Å². The van der Waals surface area contributed by atoms with Crippen LogP contribution in [0.5, 0.6) is 0 Å². The molecule has 0 fully saturated rings. The van der Waals surface area contributed by atoms with E-state index in [-0.39, 0.29) is 4.08 Å². The molecule has 20 heavy (non-hydrogen) atoms. The molecule has 0 saturated heterocycles. The molecule has 0 aromatic rings. The van der Waals surface area contributed by atoms with Crippen LogP contribution in [0.15, 0.2) is 10.2 Å². The molecule has 0 aliphatic rings. The summed E-state index contributed by atoms with van der Waals surface area (Å²) in [6.45, 7) is 0. The van der Waals surface area contributed by atoms with Crippen molar-refractivity contribution < 1.29 is 53.0 Å². The lowest BCUT2D eigenvalue weighted by Gasteiger charge is -2.33. The molecular formula is C7H2F11IO. The second kappa shape index (κ2) is 5.46. The molecule has 13 heteroatoms. The van der Waals surface area contributed by atoms with Gasteiger partial charge in [0.1, 0.15) is 0 Å². The number of halogens is 12. The highest BCUT2D eigenvalue weighted by Gasteiger charge is 2.77. The molecule has 0 radical (unpaired) electrons. The maximum Gasteiger partial charge on any atom is 0.462 e. The van der Waals surface area contributed by atoms with Crippen LogP contribution in [0.25, 0.3) is 0 Å². The first-order valence-electron chi connectivity index (χ1n) is 4.08. The van der Waals surface area contributed by atoms with Crippen LogP contribution in [-0.2, 0) is 4.74 Å². The smallest absolute Gasteiger partial charge is 0.266 e. The zero-order valence-electron chi connectivity index (χ0n) is 8.60. The van der Waals surface area contributed by atoms with Crippen molar-refractivity contribution in [3.8, 4) is 0 Å². The molecule has 0 aromatic carbocycles. The molecular weight excluding hydrogens is 436 g/mol. The Morgan fingerprint density at radius 1 is 0.700 bits per heavy atom. The lowest BCUT2D eigenvalue weighted by Crippen LogP contribution is -2.58. The normalized spacial score (nSPS) is 18.4. The highest BCUT2D eigenvalue weighted by molar-refractivity contribution is 14.1. The molecule has 0 rings (SSSR count). The SMILES string of the molecule is FC(F)(F)C(F)(C=CI)OC(F)(F)C(F)(F)C(F)(F)F. The molecule has 0 aliphatic carbocycles. The molecule has 0 saturated carbocycles. The Hall–Kier alpha value is -0.340. The van der Waals surface area contributed by atoms with E-state index in [2.05, 4.69) is 4.74 Å². The fourth-order valence-electron chi connectivity index (χ4n) is 0.683. The van der Waals surface area contributed by atoms with E-state index in [1.165, 1.54) is 0 Å². The number of hydrogen-bond acceptors (Lipinski definition) is 1. The second-order valence-corrected chi connectivity index (χ2v) is 3.85. The average molecular weight is 438 g/mol. The summed E-state index contributed by atoms with van der Waals surface area (Å²) in [6, 6.07) is 0. The molecule has 0 N–H and O–H groups in total. The molecule has 0 bridgehead atoms. The van der Waals surface area contributed by atoms with Gasteiger partial charge in [-0.1, -0.05) is 22.6 Å². The zero-order chi connectivity index (χ0) is 16.6. The average Bonchev–Trinajstić information content (AvgIpc) is 2.12. The van der Waals surface area contributed by atoms with Gasteiger partial charge in [0.25, 0.3) is 0 Å². The summed E-state index contributed by atoms with van der Waals surface area (Å²) in [7, 11) is 0. The largest absolute Gasteiger partial charge is 0.462 e. The Balaban J connectivity index is 5.66. The monoisotopic (exact) mass is 438 g/mol. The number of ether oxygens (including phenoxy) is 1. The number of hydrogen-bond donors (Lipinski definition) is 0. The van der Waals surface area contributed by atoms with Crippen LogP contribution >= 0.6 is 22.6 Å². The van der Waals surface area contributed by atoms with Gasteiger partial charge in [-0.2, -0.15) is 48.3 Å². The minimum atomic E-state index is -7.03. The Bertz CT molecular complexity index is 370. The first kappa shape index (κ1) is 19.7. The maximum atomic E-state index is 13.1. The predicted molar refractivity (Wildman–Crippen MR) is 50.1 cm³/mol. The van der Waals surface area contributed by atoms with Crippen LogP contribution in [-0.4, -0.2) is 30.2 Å². The number of rotatable bonds is 4. The van der Waals surface area contributed by atoms with Crippen molar-refractivity contribution in [3.05, 3.63) is 10.2 Å². The summed E-state index contributed by atoms with van der Waals surface area (Å²) in [6.07, 6.45) is -20.8. The third kappa shape index (κ3) is 3.65. The molecule has 1 nitrogen and oxygen atoms in total. The summed E-state index contributed by atoms with van der Waals surface area (Å²) in [5.41, 5.74) is 0. The first-order chi connectivity index (χ1) is 8.52. The lowest BCUT2D eigenvalue weighted by atomic mass is 10.2. The van der Waals surface area contributed by atoms with Crippen molar-refractivity contribution in [1.29, 1.82) is 0 Å². The Morgan fingerprint density at radius 3 is 1.35 bits per heavy atom. The summed E-state index contributed by atoms with van der Waals surface area (Å²) < 4.78 is 136. The van der Waals surface area contributed by atoms with E-state index in [4.69, 9.17) is 0 Å². The highest BCUT2D eigenvalue weighted by atomic mass is 127. The number of alkyl halides is 11. The van der Waals surface area contributed by atoms with Crippen molar-refractivity contribution in [3.63, 3.8) is 0 Å². The third-order valence-electron chi connectivity index (χ3n) is 1.66. The summed E-state index contributed by atoms with van der Waals surface area (Å²) >= 11 is 0.886. The zero-order valence-corrected chi connectivity index (χ0v) is 10.8. The summed E-state index contributed by atoms with van der Waals surface area (Å²) in [5.74, 6) is -12.5. The molecule has 1 unspecified atom stereocenters. The van der Waals surface area contributed by atoms with E-state index >= 15 is 0 Å². The molecule has 120 valence electrons. The Morgan fingerprint density at radius 2 is 1.10 bits per heavy atom. The van der Waals surface area contributed by atoms with Crippen LogP contribution in [0.1, 0.15) is 0 Å². The molecule has 0 aliphatic heterocycles. The molecule has 0 aromatic heterocycles. The third-order valence-corrected chi connectivity index (χ3v) is 2.02. The van der Waals surface area contributed by atoms with E-state index in [0.717, 1.165) is 22.6 Å². The van der Waals surface area contributed by atoms with Crippen LogP contribution in [0, 0.1) is 0 Å². The van der Waals surface area contributed by atoms with Crippen molar-refractivity contribution in [2.75, 3.05) is 0 Å². The quantitative estimate of drug-likeness (QED) is 0.445.